The maximum Gasteiger partial charge on any atom is 0.0125 e. The molecule has 1 aliphatic rings. The van der Waals surface area contributed by atoms with E-state index in [1.165, 1.54) is 25.9 Å². The number of rotatable bonds is 1. The third-order valence-electron chi connectivity index (χ3n) is 3.36. The van der Waals surface area contributed by atoms with Crippen LogP contribution < -0.4 is 0 Å². The van der Waals surface area contributed by atoms with Gasteiger partial charge in [-0.15, -0.1) is 0 Å². The molecule has 1 aliphatic heterocycles. The van der Waals surface area contributed by atoms with E-state index in [-0.39, 0.29) is 0 Å². The van der Waals surface area contributed by atoms with Gasteiger partial charge in [0.2, 0.25) is 0 Å². The van der Waals surface area contributed by atoms with E-state index in [1.807, 2.05) is 0 Å². The first-order chi connectivity index (χ1) is 5.37. The van der Waals surface area contributed by atoms with Crippen LogP contribution >= 0.6 is 0 Å². The van der Waals surface area contributed by atoms with Crippen LogP contribution in [0.5, 0.6) is 0 Å². The zero-order valence-corrected chi connectivity index (χ0v) is 9.28. The van der Waals surface area contributed by atoms with E-state index < -0.39 is 0 Å². The van der Waals surface area contributed by atoms with Gasteiger partial charge in [0.25, 0.3) is 0 Å². The molecule has 1 saturated heterocycles. The molecule has 0 N–H and O–H groups in total. The average Bonchev–Trinajstić information content (AvgIpc) is 2.32. The zero-order chi connectivity index (χ0) is 9.41. The van der Waals surface area contributed by atoms with Crippen LogP contribution in [-0.4, -0.2) is 23.5 Å². The molecule has 1 heteroatoms. The summed E-state index contributed by atoms with van der Waals surface area (Å²) in [7, 11) is 0. The van der Waals surface area contributed by atoms with Crippen molar-refractivity contribution in [2.75, 3.05) is 13.1 Å². The molecular weight excluding hydrogens is 146 g/mol. The van der Waals surface area contributed by atoms with Crippen molar-refractivity contribution in [1.82, 2.24) is 4.90 Å². The maximum absolute atomic E-state index is 2.61. The molecule has 1 atom stereocenters. The molecule has 1 heterocycles. The van der Waals surface area contributed by atoms with Crippen LogP contribution in [0.1, 0.15) is 47.5 Å². The van der Waals surface area contributed by atoms with E-state index in [9.17, 15) is 0 Å². The van der Waals surface area contributed by atoms with Crippen molar-refractivity contribution in [3.63, 3.8) is 0 Å². The molecule has 0 unspecified atom stereocenters. The predicted molar refractivity (Wildman–Crippen MR) is 54.3 cm³/mol. The Balaban J connectivity index is 2.57. The van der Waals surface area contributed by atoms with Crippen molar-refractivity contribution in [3.8, 4) is 0 Å². The van der Waals surface area contributed by atoms with Crippen LogP contribution in [0.25, 0.3) is 0 Å². The summed E-state index contributed by atoms with van der Waals surface area (Å²) in [6, 6.07) is 0. The third-order valence-corrected chi connectivity index (χ3v) is 3.36. The van der Waals surface area contributed by atoms with Crippen LogP contribution in [0.3, 0.4) is 0 Å². The van der Waals surface area contributed by atoms with Crippen molar-refractivity contribution >= 4 is 0 Å². The van der Waals surface area contributed by atoms with Gasteiger partial charge in [0.1, 0.15) is 0 Å². The molecule has 0 aromatic heterocycles. The fraction of sp³-hybridized carbons (Fsp3) is 1.00. The first-order valence-corrected chi connectivity index (χ1v) is 5.12. The Kier molecular flexibility index (Phi) is 2.53. The molecule has 0 bridgehead atoms. The fourth-order valence-corrected chi connectivity index (χ4v) is 1.88. The zero-order valence-electron chi connectivity index (χ0n) is 9.28. The predicted octanol–water partition coefficient (Wildman–Crippen LogP) is 2.91. The van der Waals surface area contributed by atoms with Crippen molar-refractivity contribution in [2.24, 2.45) is 5.41 Å². The van der Waals surface area contributed by atoms with Gasteiger partial charge in [0.05, 0.1) is 0 Å². The molecule has 12 heavy (non-hydrogen) atoms. The minimum absolute atomic E-state index is 0.368. The van der Waals surface area contributed by atoms with Gasteiger partial charge < -0.3 is 0 Å². The Hall–Kier alpha value is -0.0400. The minimum atomic E-state index is 0.368. The van der Waals surface area contributed by atoms with Gasteiger partial charge in [-0.2, -0.15) is 0 Å². The van der Waals surface area contributed by atoms with Gasteiger partial charge in [0.15, 0.2) is 0 Å². The second kappa shape index (κ2) is 3.02. The lowest BCUT2D eigenvalue weighted by Gasteiger charge is -2.33. The summed E-state index contributed by atoms with van der Waals surface area (Å²) in [6.07, 6.45) is 2.69. The molecule has 0 spiro atoms. The summed E-state index contributed by atoms with van der Waals surface area (Å²) < 4.78 is 0. The van der Waals surface area contributed by atoms with Gasteiger partial charge >= 0.3 is 0 Å². The summed E-state index contributed by atoms with van der Waals surface area (Å²) in [5.74, 6) is 0. The molecule has 0 radical (unpaired) electrons. The van der Waals surface area contributed by atoms with E-state index in [0.29, 0.717) is 11.0 Å². The maximum atomic E-state index is 2.61. The summed E-state index contributed by atoms with van der Waals surface area (Å²) in [4.78, 5) is 2.61. The number of likely N-dealkylation sites (tertiary alicyclic amines) is 1. The average molecular weight is 169 g/mol. The van der Waals surface area contributed by atoms with Crippen molar-refractivity contribution in [1.29, 1.82) is 0 Å². The topological polar surface area (TPSA) is 3.24 Å². The molecule has 0 aromatic carbocycles. The monoisotopic (exact) mass is 169 g/mol. The third kappa shape index (κ3) is 2.01. The Labute approximate surface area is 77.1 Å². The molecule has 72 valence electrons. The van der Waals surface area contributed by atoms with E-state index in [2.05, 4.69) is 39.5 Å². The van der Waals surface area contributed by atoms with Gasteiger partial charge in [-0.1, -0.05) is 13.8 Å². The lowest BCUT2D eigenvalue weighted by molar-refractivity contribution is 0.151. The highest BCUT2D eigenvalue weighted by Crippen LogP contribution is 2.36. The molecule has 0 aliphatic carbocycles. The first kappa shape index (κ1) is 10.0. The van der Waals surface area contributed by atoms with Crippen LogP contribution in [0.4, 0.5) is 0 Å². The summed E-state index contributed by atoms with van der Waals surface area (Å²) >= 11 is 0. The Morgan fingerprint density at radius 2 is 1.92 bits per heavy atom. The summed E-state index contributed by atoms with van der Waals surface area (Å²) in [5.41, 5.74) is 0.959. The lowest BCUT2D eigenvalue weighted by atomic mass is 9.87. The van der Waals surface area contributed by atoms with Crippen molar-refractivity contribution < 1.29 is 0 Å². The van der Waals surface area contributed by atoms with Crippen LogP contribution in [-0.2, 0) is 0 Å². The number of hydrogen-bond donors (Lipinski definition) is 0. The highest BCUT2D eigenvalue weighted by atomic mass is 15.2. The highest BCUT2D eigenvalue weighted by Gasteiger charge is 2.36. The van der Waals surface area contributed by atoms with Crippen LogP contribution in [0.15, 0.2) is 0 Å². The highest BCUT2D eigenvalue weighted by molar-refractivity contribution is 4.90. The molecular formula is C11H23N. The minimum Gasteiger partial charge on any atom is -0.298 e. The molecule has 0 saturated carbocycles. The summed E-state index contributed by atoms with van der Waals surface area (Å²) in [5, 5.41) is 0. The Morgan fingerprint density at radius 3 is 2.17 bits per heavy atom. The van der Waals surface area contributed by atoms with E-state index >= 15 is 0 Å². The van der Waals surface area contributed by atoms with E-state index in [4.69, 9.17) is 0 Å². The lowest BCUT2D eigenvalue weighted by Crippen LogP contribution is -2.40. The SMILES string of the molecule is CC[C@]1(C)CCN(C(C)(C)C)C1. The molecule has 1 fully saturated rings. The number of hydrogen-bond acceptors (Lipinski definition) is 1. The van der Waals surface area contributed by atoms with Gasteiger partial charge in [-0.25, -0.2) is 0 Å². The van der Waals surface area contributed by atoms with Crippen LogP contribution in [0.2, 0.25) is 0 Å². The molecule has 0 aromatic rings. The largest absolute Gasteiger partial charge is 0.298 e. The van der Waals surface area contributed by atoms with Crippen LogP contribution in [0, 0.1) is 5.41 Å². The standard InChI is InChI=1S/C11H23N/c1-6-11(5)7-8-12(9-11)10(2,3)4/h6-9H2,1-5H3/t11-/m1/s1. The Morgan fingerprint density at radius 1 is 1.33 bits per heavy atom. The second-order valence-corrected chi connectivity index (χ2v) is 5.51. The fourth-order valence-electron chi connectivity index (χ4n) is 1.88. The van der Waals surface area contributed by atoms with Gasteiger partial charge in [-0.05, 0) is 45.6 Å². The first-order valence-electron chi connectivity index (χ1n) is 5.12. The molecule has 1 nitrogen and oxygen atoms in total. The van der Waals surface area contributed by atoms with E-state index in [0.717, 1.165) is 0 Å². The van der Waals surface area contributed by atoms with Crippen molar-refractivity contribution in [2.45, 2.75) is 53.0 Å². The molecule has 1 rings (SSSR count). The van der Waals surface area contributed by atoms with E-state index in [1.54, 1.807) is 0 Å². The number of nitrogens with zero attached hydrogens (tertiary/aromatic N) is 1. The quantitative estimate of drug-likeness (QED) is 0.583. The Bertz CT molecular complexity index is 157. The smallest absolute Gasteiger partial charge is 0.0125 e. The van der Waals surface area contributed by atoms with Gasteiger partial charge in [-0.3, -0.25) is 4.90 Å². The molecule has 0 amide bonds. The van der Waals surface area contributed by atoms with Crippen molar-refractivity contribution in [3.05, 3.63) is 0 Å². The van der Waals surface area contributed by atoms with Gasteiger partial charge in [0, 0.05) is 12.1 Å². The second-order valence-electron chi connectivity index (χ2n) is 5.51. The normalized spacial score (nSPS) is 32.8. The summed E-state index contributed by atoms with van der Waals surface area (Å²) in [6.45, 7) is 14.2.